The molecule has 0 saturated heterocycles. The monoisotopic (exact) mass is 761 g/mol. The van der Waals surface area contributed by atoms with E-state index < -0.39 is 24.3 Å². The Bertz CT molecular complexity index is 1940. The number of alkyl halides is 6. The van der Waals surface area contributed by atoms with E-state index in [0.29, 0.717) is 45.7 Å². The molecule has 0 radical (unpaired) electrons. The minimum Gasteiger partial charge on any atom is -0.342 e. The number of aryl methyl sites for hydroxylation is 3. The van der Waals surface area contributed by atoms with Gasteiger partial charge in [0.15, 0.2) is 0 Å². The number of nitrogens with zero attached hydrogens (tertiary/aromatic N) is 1. The fraction of sp³-hybridized carbons (Fsp3) is 0.383. The summed E-state index contributed by atoms with van der Waals surface area (Å²) in [5, 5.41) is 0. The van der Waals surface area contributed by atoms with Crippen LogP contribution in [0.5, 0.6) is 0 Å². The molecule has 0 aliphatic heterocycles. The summed E-state index contributed by atoms with van der Waals surface area (Å²) in [7, 11) is 0. The maximum Gasteiger partial charge on any atom is 0.417 e. The number of benzene rings is 4. The number of halogens is 6. The van der Waals surface area contributed by atoms with Crippen LogP contribution in [0, 0.1) is 20.8 Å². The Labute approximate surface area is 323 Å². The summed E-state index contributed by atoms with van der Waals surface area (Å²) >= 11 is 0. The zero-order chi connectivity index (χ0) is 40.2. The molecule has 1 N–H and O–H groups in total. The summed E-state index contributed by atoms with van der Waals surface area (Å²) < 4.78 is 82.0. The molecule has 0 bridgehead atoms. The van der Waals surface area contributed by atoms with E-state index in [-0.39, 0.29) is 18.5 Å². The predicted molar refractivity (Wildman–Crippen MR) is 217 cm³/mol. The lowest BCUT2D eigenvalue weighted by molar-refractivity contribution is -0.457. The lowest BCUT2D eigenvalue weighted by Crippen LogP contribution is -2.73. The highest BCUT2D eigenvalue weighted by Gasteiger charge is 2.36. The van der Waals surface area contributed by atoms with Gasteiger partial charge in [-0.3, -0.25) is 0 Å². The average Bonchev–Trinajstić information content (AvgIpc) is 4.04. The summed E-state index contributed by atoms with van der Waals surface area (Å²) in [6.07, 6.45) is 2.21. The first-order valence-corrected chi connectivity index (χ1v) is 19.5. The molecule has 1 fully saturated rings. The molecule has 4 aromatic carbocycles. The van der Waals surface area contributed by atoms with E-state index >= 15 is 0 Å². The van der Waals surface area contributed by atoms with Gasteiger partial charge in [0.2, 0.25) is 5.71 Å². The number of fused-ring (bicyclic) bond motifs is 1. The van der Waals surface area contributed by atoms with E-state index in [1.54, 1.807) is 31.2 Å². The molecule has 2 aliphatic rings. The molecule has 55 heavy (non-hydrogen) atoms. The Balaban J connectivity index is 0.000000755. The average molecular weight is 762 g/mol. The molecule has 6 rings (SSSR count). The zero-order valence-electron chi connectivity index (χ0n) is 33.0. The summed E-state index contributed by atoms with van der Waals surface area (Å²) in [4.78, 5) is 5.25. The van der Waals surface area contributed by atoms with Crippen LogP contribution >= 0.6 is 0 Å². The van der Waals surface area contributed by atoms with Gasteiger partial charge >= 0.3 is 12.4 Å². The molecule has 0 atom stereocenters. The number of hydrogen-bond donors (Lipinski definition) is 1. The molecule has 2 aliphatic carbocycles. The molecule has 0 heterocycles. The van der Waals surface area contributed by atoms with Crippen molar-refractivity contribution in [2.45, 2.75) is 105 Å². The normalized spacial score (nSPS) is 15.0. The molecular formula is C47H55F6N2+. The fourth-order valence-electron chi connectivity index (χ4n) is 6.32. The predicted octanol–water partition coefficient (Wildman–Crippen LogP) is 12.9. The van der Waals surface area contributed by atoms with Gasteiger partial charge in [-0.15, -0.1) is 0 Å². The number of unbranched alkanes of at least 4 members (excludes halogenated alkanes) is 2. The number of allylic oxidation sites excluding steroid dienone is 3. The second kappa shape index (κ2) is 19.8. The maximum absolute atomic E-state index is 14.6. The van der Waals surface area contributed by atoms with Crippen molar-refractivity contribution in [1.82, 2.24) is 0 Å². The SMILES string of the molecule is C1CC1.CCCCC.CCN(c1ccc(/C(=C2\C=CC(=[NH+]CCCC(F)(F)F)c3ccccc32)c2ccc(C)cc2C(F)(F)F)cc1)c1ccc(C)c(C)c1. The molecule has 0 amide bonds. The van der Waals surface area contributed by atoms with Gasteiger partial charge in [-0.25, -0.2) is 4.99 Å². The fourth-order valence-corrected chi connectivity index (χ4v) is 6.32. The summed E-state index contributed by atoms with van der Waals surface area (Å²) in [6, 6.07) is 25.5. The number of anilines is 2. The van der Waals surface area contributed by atoms with Crippen LogP contribution in [-0.2, 0) is 6.18 Å². The molecule has 1 saturated carbocycles. The largest absolute Gasteiger partial charge is 0.417 e. The highest BCUT2D eigenvalue weighted by atomic mass is 19.4. The first kappa shape index (κ1) is 43.1. The van der Waals surface area contributed by atoms with Crippen molar-refractivity contribution in [3.63, 3.8) is 0 Å². The van der Waals surface area contributed by atoms with Gasteiger partial charge in [-0.1, -0.05) is 106 Å². The van der Waals surface area contributed by atoms with Crippen LogP contribution in [0.15, 0.2) is 97.1 Å². The number of rotatable bonds is 10. The van der Waals surface area contributed by atoms with Crippen LogP contribution in [-0.4, -0.2) is 25.0 Å². The molecule has 0 unspecified atom stereocenters. The Kier molecular flexibility index (Phi) is 15.6. The molecule has 4 aromatic rings. The van der Waals surface area contributed by atoms with Gasteiger partial charge in [0, 0.05) is 36.8 Å². The molecule has 0 aromatic heterocycles. The van der Waals surface area contributed by atoms with E-state index in [2.05, 4.69) is 55.8 Å². The number of hydrogen-bond acceptors (Lipinski definition) is 1. The van der Waals surface area contributed by atoms with E-state index in [0.717, 1.165) is 16.9 Å². The van der Waals surface area contributed by atoms with Crippen LogP contribution in [0.2, 0.25) is 0 Å². The summed E-state index contributed by atoms with van der Waals surface area (Å²) in [6.45, 7) is 13.0. The molecule has 294 valence electrons. The maximum atomic E-state index is 14.6. The summed E-state index contributed by atoms with van der Waals surface area (Å²) in [5.74, 6) is 0. The van der Waals surface area contributed by atoms with E-state index in [1.165, 1.54) is 56.2 Å². The second-order valence-electron chi connectivity index (χ2n) is 14.2. The third kappa shape index (κ3) is 12.5. The van der Waals surface area contributed by atoms with Crippen LogP contribution in [0.1, 0.15) is 117 Å². The second-order valence-corrected chi connectivity index (χ2v) is 14.2. The van der Waals surface area contributed by atoms with Crippen molar-refractivity contribution < 1.29 is 31.3 Å². The van der Waals surface area contributed by atoms with Gasteiger partial charge in [0.25, 0.3) is 0 Å². The van der Waals surface area contributed by atoms with Gasteiger partial charge in [0.1, 0.15) is 6.54 Å². The summed E-state index contributed by atoms with van der Waals surface area (Å²) in [5.41, 5.74) is 7.71. The smallest absolute Gasteiger partial charge is 0.342 e. The van der Waals surface area contributed by atoms with Crippen LogP contribution in [0.4, 0.5) is 37.7 Å². The molecule has 8 heteroatoms. The van der Waals surface area contributed by atoms with Crippen molar-refractivity contribution >= 4 is 28.2 Å². The van der Waals surface area contributed by atoms with Crippen molar-refractivity contribution in [2.75, 3.05) is 18.0 Å². The Morgan fingerprint density at radius 3 is 1.85 bits per heavy atom. The quantitative estimate of drug-likeness (QED) is 0.126. The van der Waals surface area contributed by atoms with E-state index in [1.807, 2.05) is 49.4 Å². The van der Waals surface area contributed by atoms with E-state index in [9.17, 15) is 26.3 Å². The zero-order valence-corrected chi connectivity index (χ0v) is 33.0. The van der Waals surface area contributed by atoms with Gasteiger partial charge in [-0.05, 0) is 109 Å². The lowest BCUT2D eigenvalue weighted by Gasteiger charge is -2.25. The minimum atomic E-state index is -4.61. The van der Waals surface area contributed by atoms with Crippen LogP contribution in [0.3, 0.4) is 0 Å². The van der Waals surface area contributed by atoms with Gasteiger partial charge in [-0.2, -0.15) is 26.3 Å². The van der Waals surface area contributed by atoms with Crippen molar-refractivity contribution in [3.8, 4) is 0 Å². The molecule has 2 nitrogen and oxygen atoms in total. The van der Waals surface area contributed by atoms with Crippen molar-refractivity contribution in [2.24, 2.45) is 0 Å². The van der Waals surface area contributed by atoms with Crippen molar-refractivity contribution in [1.29, 1.82) is 0 Å². The van der Waals surface area contributed by atoms with Gasteiger partial charge < -0.3 is 4.90 Å². The third-order valence-corrected chi connectivity index (χ3v) is 9.54. The van der Waals surface area contributed by atoms with Crippen molar-refractivity contribution in [3.05, 3.63) is 142 Å². The molecular weight excluding hydrogens is 707 g/mol. The molecule has 0 spiro atoms. The highest BCUT2D eigenvalue weighted by molar-refractivity contribution is 6.17. The standard InChI is InChI=1S/C39H36F6N2.C5H12.C3H6/c1-5-47(30-15-12-26(3)27(4)24-30)29-16-13-28(14-17-29)37(34-18-11-25(2)23-35(34)39(43,44)45)33-19-20-36(32-10-7-6-9-31(32)33)46-22-8-21-38(40,41)42;1-3-5-4-2;1-2-3-1/h6-7,9-20,23-24H,5,8,21-22H2,1-4H3;3-5H2,1-2H3;1-3H2/p+1/b37-33-,46-36?;;. The first-order valence-electron chi connectivity index (χ1n) is 19.5. The topological polar surface area (TPSA) is 17.2 Å². The first-order chi connectivity index (χ1) is 26.2. The lowest BCUT2D eigenvalue weighted by atomic mass is 9.82. The third-order valence-electron chi connectivity index (χ3n) is 9.54. The van der Waals surface area contributed by atoms with Crippen LogP contribution < -0.4 is 9.89 Å². The Morgan fingerprint density at radius 1 is 0.673 bits per heavy atom. The highest BCUT2D eigenvalue weighted by Crippen LogP contribution is 2.43. The van der Waals surface area contributed by atoms with Gasteiger partial charge in [0.05, 0.1) is 11.1 Å². The van der Waals surface area contributed by atoms with Crippen LogP contribution in [0.25, 0.3) is 11.1 Å². The van der Waals surface area contributed by atoms with E-state index in [4.69, 9.17) is 0 Å². The minimum absolute atomic E-state index is 0.0494. The number of nitrogens with one attached hydrogen (secondary N) is 1. The Morgan fingerprint density at radius 2 is 1.31 bits per heavy atom. The Hall–Kier alpha value is -4.59.